The molecule has 0 saturated carbocycles. The molecule has 1 heterocycles. The lowest BCUT2D eigenvalue weighted by Gasteiger charge is -2.13. The van der Waals surface area contributed by atoms with Crippen molar-refractivity contribution in [2.75, 3.05) is 15.8 Å². The number of carbonyl (C=O) groups is 1. The van der Waals surface area contributed by atoms with Gasteiger partial charge in [0.15, 0.2) is 0 Å². The van der Waals surface area contributed by atoms with Crippen molar-refractivity contribution in [3.05, 3.63) is 83.9 Å². The first kappa shape index (κ1) is 21.8. The Kier molecular flexibility index (Phi) is 7.07. The van der Waals surface area contributed by atoms with Crippen LogP contribution in [0.15, 0.2) is 71.9 Å². The number of thioether (sulfide) groups is 1. The number of para-hydroxylation sites is 1. The molecule has 3 rings (SSSR count). The Labute approximate surface area is 179 Å². The molecule has 0 atom stereocenters. The fourth-order valence-corrected chi connectivity index (χ4v) is 4.76. The Bertz CT molecular complexity index is 1140. The third kappa shape index (κ3) is 5.80. The number of hydrogen-bond donors (Lipinski definition) is 2. The van der Waals surface area contributed by atoms with Crippen LogP contribution in [0.25, 0.3) is 0 Å². The van der Waals surface area contributed by atoms with E-state index in [9.17, 15) is 17.6 Å². The summed E-state index contributed by atoms with van der Waals surface area (Å²) in [6, 6.07) is 13.9. The molecule has 0 aliphatic carbocycles. The molecule has 0 aliphatic rings. The zero-order valence-electron chi connectivity index (χ0n) is 16.1. The zero-order chi connectivity index (χ0) is 21.6. The largest absolute Gasteiger partial charge is 0.325 e. The van der Waals surface area contributed by atoms with Gasteiger partial charge in [0.25, 0.3) is 10.0 Å². The third-order valence-corrected chi connectivity index (χ3v) is 6.62. The summed E-state index contributed by atoms with van der Waals surface area (Å²) in [7, 11) is -4.03. The van der Waals surface area contributed by atoms with Crippen molar-refractivity contribution in [1.82, 2.24) is 4.98 Å². The maximum absolute atomic E-state index is 13.8. The van der Waals surface area contributed by atoms with Crippen molar-refractivity contribution >= 4 is 39.1 Å². The number of nitrogens with one attached hydrogen (secondary N) is 2. The van der Waals surface area contributed by atoms with Crippen LogP contribution in [0.5, 0.6) is 0 Å². The SMILES string of the molecule is Cc1ccc(NC(=O)CSCc2cccnc2)cc1S(=O)(=O)Nc1ccccc1F. The maximum Gasteiger partial charge on any atom is 0.262 e. The fourth-order valence-electron chi connectivity index (χ4n) is 2.65. The molecule has 1 amide bonds. The Morgan fingerprint density at radius 3 is 2.67 bits per heavy atom. The van der Waals surface area contributed by atoms with Crippen LogP contribution in [0.1, 0.15) is 11.1 Å². The number of aromatic nitrogens is 1. The molecule has 6 nitrogen and oxygen atoms in total. The lowest BCUT2D eigenvalue weighted by molar-refractivity contribution is -0.113. The number of hydrogen-bond acceptors (Lipinski definition) is 5. The second-order valence-electron chi connectivity index (χ2n) is 6.47. The summed E-state index contributed by atoms with van der Waals surface area (Å²) in [5.41, 5.74) is 1.70. The van der Waals surface area contributed by atoms with Crippen LogP contribution in [-0.2, 0) is 20.6 Å². The molecule has 0 bridgehead atoms. The Morgan fingerprint density at radius 1 is 1.13 bits per heavy atom. The number of rotatable bonds is 8. The summed E-state index contributed by atoms with van der Waals surface area (Å²) in [5.74, 6) is -0.0772. The predicted octanol–water partition coefficient (Wildman–Crippen LogP) is 4.20. The van der Waals surface area contributed by atoms with Gasteiger partial charge < -0.3 is 5.32 Å². The Hall–Kier alpha value is -2.91. The highest BCUT2D eigenvalue weighted by Gasteiger charge is 2.19. The van der Waals surface area contributed by atoms with Crippen molar-refractivity contribution in [2.24, 2.45) is 0 Å². The molecule has 0 saturated heterocycles. The molecule has 1 aromatic heterocycles. The average molecular weight is 446 g/mol. The highest BCUT2D eigenvalue weighted by atomic mass is 32.2. The molecule has 3 aromatic rings. The van der Waals surface area contributed by atoms with Crippen molar-refractivity contribution in [2.45, 2.75) is 17.6 Å². The number of benzene rings is 2. The number of aryl methyl sites for hydroxylation is 1. The van der Waals surface area contributed by atoms with Gasteiger partial charge in [-0.1, -0.05) is 24.3 Å². The molecule has 2 N–H and O–H groups in total. The lowest BCUT2D eigenvalue weighted by atomic mass is 10.2. The first-order chi connectivity index (χ1) is 14.3. The van der Waals surface area contributed by atoms with Crippen molar-refractivity contribution in [3.63, 3.8) is 0 Å². The molecular formula is C21H20FN3O3S2. The minimum absolute atomic E-state index is 0.0356. The van der Waals surface area contributed by atoms with Gasteiger partial charge in [0.2, 0.25) is 5.91 Å². The van der Waals surface area contributed by atoms with Gasteiger partial charge in [0.1, 0.15) is 5.82 Å². The summed E-state index contributed by atoms with van der Waals surface area (Å²) in [4.78, 5) is 16.2. The monoisotopic (exact) mass is 445 g/mol. The standard InChI is InChI=1S/C21H20FN3O3S2/c1-15-8-9-17(24-21(26)14-29-13-16-5-4-10-23-12-16)11-20(15)30(27,28)25-19-7-3-2-6-18(19)22/h2-12,25H,13-14H2,1H3,(H,24,26). The summed E-state index contributed by atoms with van der Waals surface area (Å²) in [6.07, 6.45) is 3.43. The minimum atomic E-state index is -4.03. The average Bonchev–Trinajstić information content (AvgIpc) is 2.72. The second-order valence-corrected chi connectivity index (χ2v) is 9.10. The molecule has 30 heavy (non-hydrogen) atoms. The molecular weight excluding hydrogens is 425 g/mol. The number of sulfonamides is 1. The molecule has 9 heteroatoms. The van der Waals surface area contributed by atoms with Crippen molar-refractivity contribution in [3.8, 4) is 0 Å². The van der Waals surface area contributed by atoms with Gasteiger partial charge in [-0.05, 0) is 48.4 Å². The van der Waals surface area contributed by atoms with Crippen LogP contribution >= 0.6 is 11.8 Å². The van der Waals surface area contributed by atoms with E-state index in [4.69, 9.17) is 0 Å². The molecule has 156 valence electrons. The molecule has 0 fully saturated rings. The summed E-state index contributed by atoms with van der Waals surface area (Å²) in [6.45, 7) is 1.63. The van der Waals surface area contributed by atoms with E-state index in [1.807, 2.05) is 12.1 Å². The first-order valence-corrected chi connectivity index (χ1v) is 11.6. The van der Waals surface area contributed by atoms with Gasteiger partial charge in [0.05, 0.1) is 16.3 Å². The van der Waals surface area contributed by atoms with Crippen LogP contribution < -0.4 is 10.0 Å². The van der Waals surface area contributed by atoms with Crippen LogP contribution in [0.3, 0.4) is 0 Å². The lowest BCUT2D eigenvalue weighted by Crippen LogP contribution is -2.17. The topological polar surface area (TPSA) is 88.2 Å². The number of halogens is 1. The highest BCUT2D eigenvalue weighted by molar-refractivity contribution is 7.99. The van der Waals surface area contributed by atoms with E-state index >= 15 is 0 Å². The molecule has 0 aliphatic heterocycles. The third-order valence-electron chi connectivity index (χ3n) is 4.10. The molecule has 0 spiro atoms. The van der Waals surface area contributed by atoms with E-state index in [0.29, 0.717) is 17.0 Å². The van der Waals surface area contributed by atoms with E-state index in [1.165, 1.54) is 42.1 Å². The number of anilines is 2. The van der Waals surface area contributed by atoms with Crippen LogP contribution in [0.2, 0.25) is 0 Å². The molecule has 2 aromatic carbocycles. The predicted molar refractivity (Wildman–Crippen MR) is 117 cm³/mol. The number of nitrogens with zero attached hydrogens (tertiary/aromatic N) is 1. The number of carbonyl (C=O) groups excluding carboxylic acids is 1. The maximum atomic E-state index is 13.8. The van der Waals surface area contributed by atoms with E-state index in [2.05, 4.69) is 15.0 Å². The van der Waals surface area contributed by atoms with E-state index in [1.54, 1.807) is 31.5 Å². The van der Waals surface area contributed by atoms with Crippen LogP contribution in [-0.4, -0.2) is 25.1 Å². The fraction of sp³-hybridized carbons (Fsp3) is 0.143. The van der Waals surface area contributed by atoms with Gasteiger partial charge in [-0.25, -0.2) is 12.8 Å². The van der Waals surface area contributed by atoms with E-state index in [0.717, 1.165) is 5.56 Å². The van der Waals surface area contributed by atoms with Gasteiger partial charge in [-0.2, -0.15) is 0 Å². The van der Waals surface area contributed by atoms with Gasteiger partial charge >= 0.3 is 0 Å². The molecule has 0 unspecified atom stereocenters. The highest BCUT2D eigenvalue weighted by Crippen LogP contribution is 2.24. The summed E-state index contributed by atoms with van der Waals surface area (Å²) < 4.78 is 41.6. The van der Waals surface area contributed by atoms with Crippen molar-refractivity contribution < 1.29 is 17.6 Å². The number of amides is 1. The second kappa shape index (κ2) is 9.73. The molecule has 0 radical (unpaired) electrons. The smallest absolute Gasteiger partial charge is 0.262 e. The van der Waals surface area contributed by atoms with E-state index in [-0.39, 0.29) is 22.2 Å². The Morgan fingerprint density at radius 2 is 1.93 bits per heavy atom. The van der Waals surface area contributed by atoms with Crippen LogP contribution in [0, 0.1) is 12.7 Å². The minimum Gasteiger partial charge on any atom is -0.325 e. The number of pyridine rings is 1. The first-order valence-electron chi connectivity index (χ1n) is 8.99. The van der Waals surface area contributed by atoms with E-state index < -0.39 is 15.8 Å². The summed E-state index contributed by atoms with van der Waals surface area (Å²) in [5, 5.41) is 2.70. The van der Waals surface area contributed by atoms with Gasteiger partial charge in [-0.15, -0.1) is 11.8 Å². The Balaban J connectivity index is 1.67. The van der Waals surface area contributed by atoms with Gasteiger partial charge in [-0.3, -0.25) is 14.5 Å². The normalized spacial score (nSPS) is 11.1. The summed E-state index contributed by atoms with van der Waals surface area (Å²) >= 11 is 1.43. The van der Waals surface area contributed by atoms with Crippen molar-refractivity contribution in [1.29, 1.82) is 0 Å². The van der Waals surface area contributed by atoms with Crippen LogP contribution in [0.4, 0.5) is 15.8 Å². The quantitative estimate of drug-likeness (QED) is 0.543. The van der Waals surface area contributed by atoms with Gasteiger partial charge in [0, 0.05) is 23.8 Å². The zero-order valence-corrected chi connectivity index (χ0v) is 17.8.